The van der Waals surface area contributed by atoms with Crippen molar-refractivity contribution in [2.75, 3.05) is 24.1 Å². The van der Waals surface area contributed by atoms with E-state index in [9.17, 15) is 9.59 Å². The number of primary amides is 1. The Morgan fingerprint density at radius 2 is 2.15 bits per heavy atom. The van der Waals surface area contributed by atoms with Gasteiger partial charge < -0.3 is 22.1 Å². The van der Waals surface area contributed by atoms with Gasteiger partial charge in [-0.3, -0.25) is 9.59 Å². The van der Waals surface area contributed by atoms with Gasteiger partial charge in [-0.2, -0.15) is 0 Å². The molecule has 108 valence electrons. The lowest BCUT2D eigenvalue weighted by molar-refractivity contribution is 0.0962. The molecule has 0 saturated heterocycles. The summed E-state index contributed by atoms with van der Waals surface area (Å²) in [5.41, 5.74) is 11.6. The van der Waals surface area contributed by atoms with Gasteiger partial charge in [0.15, 0.2) is 0 Å². The van der Waals surface area contributed by atoms with Crippen molar-refractivity contribution in [3.05, 3.63) is 23.1 Å². The van der Waals surface area contributed by atoms with E-state index in [0.717, 1.165) is 17.9 Å². The monoisotopic (exact) mass is 294 g/mol. The Morgan fingerprint density at radius 3 is 2.70 bits per heavy atom. The summed E-state index contributed by atoms with van der Waals surface area (Å²) in [6.07, 6.45) is 3.95. The van der Waals surface area contributed by atoms with Crippen LogP contribution >= 0.6 is 11.3 Å². The van der Waals surface area contributed by atoms with Gasteiger partial charge in [0.1, 0.15) is 9.88 Å². The summed E-state index contributed by atoms with van der Waals surface area (Å²) < 4.78 is 0. The van der Waals surface area contributed by atoms with Crippen LogP contribution in [0.25, 0.3) is 0 Å². The van der Waals surface area contributed by atoms with Crippen LogP contribution in [0.15, 0.2) is 12.7 Å². The van der Waals surface area contributed by atoms with Crippen LogP contribution < -0.4 is 22.1 Å². The van der Waals surface area contributed by atoms with Crippen LogP contribution in [-0.4, -0.2) is 24.9 Å². The average molecular weight is 294 g/mol. The standard InChI is InChI=1S/C13H18N4O2S/c1-2-5-16-12(19)10-9(14)8(11(15)18)13(20-10)17-6-7-3-4-7/h2,7,17H,1,3-6,14H2,(H2,15,18)(H,16,19). The summed E-state index contributed by atoms with van der Waals surface area (Å²) in [4.78, 5) is 23.8. The van der Waals surface area contributed by atoms with E-state index in [0.29, 0.717) is 22.3 Å². The summed E-state index contributed by atoms with van der Waals surface area (Å²) in [6.45, 7) is 4.64. The minimum absolute atomic E-state index is 0.141. The van der Waals surface area contributed by atoms with Gasteiger partial charge in [0.05, 0.1) is 11.3 Å². The highest BCUT2D eigenvalue weighted by Gasteiger charge is 2.26. The van der Waals surface area contributed by atoms with Crippen LogP contribution in [0.1, 0.15) is 32.9 Å². The molecule has 1 aliphatic rings. The molecule has 0 spiro atoms. The van der Waals surface area contributed by atoms with E-state index in [1.165, 1.54) is 12.8 Å². The van der Waals surface area contributed by atoms with Crippen LogP contribution in [0.5, 0.6) is 0 Å². The van der Waals surface area contributed by atoms with Crippen molar-refractivity contribution < 1.29 is 9.59 Å². The highest BCUT2D eigenvalue weighted by atomic mass is 32.1. The maximum Gasteiger partial charge on any atom is 0.263 e. The van der Waals surface area contributed by atoms with Crippen LogP contribution in [0, 0.1) is 5.92 Å². The van der Waals surface area contributed by atoms with E-state index < -0.39 is 5.91 Å². The van der Waals surface area contributed by atoms with E-state index in [4.69, 9.17) is 11.5 Å². The molecule has 1 aromatic heterocycles. The Morgan fingerprint density at radius 1 is 1.45 bits per heavy atom. The molecule has 0 aromatic carbocycles. The first-order valence-corrected chi connectivity index (χ1v) is 7.21. The lowest BCUT2D eigenvalue weighted by Gasteiger charge is -2.04. The van der Waals surface area contributed by atoms with Gasteiger partial charge in [0, 0.05) is 13.1 Å². The smallest absolute Gasteiger partial charge is 0.263 e. The Bertz CT molecular complexity index is 549. The molecule has 2 rings (SSSR count). The Labute approximate surface area is 121 Å². The third-order valence-corrected chi connectivity index (χ3v) is 4.21. The van der Waals surface area contributed by atoms with Crippen LogP contribution in [0.3, 0.4) is 0 Å². The van der Waals surface area contributed by atoms with E-state index >= 15 is 0 Å². The van der Waals surface area contributed by atoms with Crippen LogP contribution in [0.2, 0.25) is 0 Å². The van der Waals surface area contributed by atoms with Crippen molar-refractivity contribution in [3.63, 3.8) is 0 Å². The minimum Gasteiger partial charge on any atom is -0.397 e. The quantitative estimate of drug-likeness (QED) is 0.566. The Hall–Kier alpha value is -2.02. The number of anilines is 2. The number of hydrogen-bond acceptors (Lipinski definition) is 5. The van der Waals surface area contributed by atoms with Crippen molar-refractivity contribution in [1.29, 1.82) is 0 Å². The normalized spacial score (nSPS) is 13.8. The molecule has 0 atom stereocenters. The molecule has 1 aliphatic carbocycles. The number of carbonyl (C=O) groups is 2. The van der Waals surface area contributed by atoms with Crippen molar-refractivity contribution >= 4 is 33.8 Å². The molecular weight excluding hydrogens is 276 g/mol. The number of hydrogen-bond donors (Lipinski definition) is 4. The predicted molar refractivity (Wildman–Crippen MR) is 81.0 cm³/mol. The fourth-order valence-corrected chi connectivity index (χ4v) is 2.83. The highest BCUT2D eigenvalue weighted by Crippen LogP contribution is 2.37. The lowest BCUT2D eigenvalue weighted by atomic mass is 10.2. The van der Waals surface area contributed by atoms with Crippen LogP contribution in [-0.2, 0) is 0 Å². The first-order valence-electron chi connectivity index (χ1n) is 6.39. The lowest BCUT2D eigenvalue weighted by Crippen LogP contribution is -2.23. The maximum absolute atomic E-state index is 12.0. The van der Waals surface area contributed by atoms with Crippen molar-refractivity contribution in [2.24, 2.45) is 11.7 Å². The molecule has 20 heavy (non-hydrogen) atoms. The molecule has 1 saturated carbocycles. The molecular formula is C13H18N4O2S. The number of carbonyl (C=O) groups excluding carboxylic acids is 2. The third kappa shape index (κ3) is 3.11. The molecule has 7 heteroatoms. The van der Waals surface area contributed by atoms with Gasteiger partial charge in [0.25, 0.3) is 11.8 Å². The second kappa shape index (κ2) is 5.96. The molecule has 1 aromatic rings. The average Bonchev–Trinajstić information content (AvgIpc) is 3.16. The van der Waals surface area contributed by atoms with Gasteiger partial charge in [-0.15, -0.1) is 17.9 Å². The molecule has 6 nitrogen and oxygen atoms in total. The molecule has 6 N–H and O–H groups in total. The molecule has 1 heterocycles. The second-order valence-corrected chi connectivity index (χ2v) is 5.76. The SMILES string of the molecule is C=CCNC(=O)c1sc(NCC2CC2)c(C(N)=O)c1N. The molecule has 2 amide bonds. The minimum atomic E-state index is -0.625. The van der Waals surface area contributed by atoms with E-state index in [2.05, 4.69) is 17.2 Å². The maximum atomic E-state index is 12.0. The zero-order valence-electron chi connectivity index (χ0n) is 11.1. The van der Waals surface area contributed by atoms with Gasteiger partial charge in [-0.1, -0.05) is 6.08 Å². The number of thiophene rings is 1. The predicted octanol–water partition coefficient (Wildman–Crippen LogP) is 1.17. The van der Waals surface area contributed by atoms with E-state index in [1.54, 1.807) is 6.08 Å². The topological polar surface area (TPSA) is 110 Å². The van der Waals surface area contributed by atoms with Crippen molar-refractivity contribution in [3.8, 4) is 0 Å². The molecule has 0 unspecified atom stereocenters. The summed E-state index contributed by atoms with van der Waals surface area (Å²) in [5, 5.41) is 6.38. The number of rotatable bonds is 7. The fourth-order valence-electron chi connectivity index (χ4n) is 1.79. The van der Waals surface area contributed by atoms with E-state index in [1.807, 2.05) is 0 Å². The summed E-state index contributed by atoms with van der Waals surface area (Å²) in [6, 6.07) is 0. The van der Waals surface area contributed by atoms with Gasteiger partial charge in [-0.05, 0) is 18.8 Å². The summed E-state index contributed by atoms with van der Waals surface area (Å²) in [5.74, 6) is -0.314. The first kappa shape index (κ1) is 14.4. The molecule has 0 aliphatic heterocycles. The van der Waals surface area contributed by atoms with Crippen LogP contribution in [0.4, 0.5) is 10.7 Å². The van der Waals surface area contributed by atoms with Crippen molar-refractivity contribution in [1.82, 2.24) is 5.32 Å². The third-order valence-electron chi connectivity index (χ3n) is 3.05. The van der Waals surface area contributed by atoms with E-state index in [-0.39, 0.29) is 17.2 Å². The number of nitrogens with one attached hydrogen (secondary N) is 2. The Balaban J connectivity index is 2.22. The molecule has 1 fully saturated rings. The number of nitrogen functional groups attached to an aromatic ring is 1. The summed E-state index contributed by atoms with van der Waals surface area (Å²) >= 11 is 1.16. The van der Waals surface area contributed by atoms with Gasteiger partial charge in [-0.25, -0.2) is 0 Å². The fraction of sp³-hybridized carbons (Fsp3) is 0.385. The summed E-state index contributed by atoms with van der Waals surface area (Å²) in [7, 11) is 0. The van der Waals surface area contributed by atoms with Crippen molar-refractivity contribution in [2.45, 2.75) is 12.8 Å². The highest BCUT2D eigenvalue weighted by molar-refractivity contribution is 7.19. The molecule has 0 bridgehead atoms. The number of amides is 2. The van der Waals surface area contributed by atoms with Gasteiger partial charge in [0.2, 0.25) is 0 Å². The molecule has 0 radical (unpaired) electrons. The number of nitrogens with two attached hydrogens (primary N) is 2. The first-order chi connectivity index (χ1) is 9.54. The Kier molecular flexibility index (Phi) is 4.29. The zero-order valence-corrected chi connectivity index (χ0v) is 11.9. The second-order valence-electron chi connectivity index (χ2n) is 4.74. The largest absolute Gasteiger partial charge is 0.397 e. The van der Waals surface area contributed by atoms with Gasteiger partial charge >= 0.3 is 0 Å². The zero-order chi connectivity index (χ0) is 14.7.